The molecule has 0 bridgehead atoms. The van der Waals surface area contributed by atoms with Crippen molar-refractivity contribution in [2.45, 2.75) is 26.8 Å². The van der Waals surface area contributed by atoms with Crippen LogP contribution in [0.5, 0.6) is 0 Å². The van der Waals surface area contributed by atoms with Crippen molar-refractivity contribution < 1.29 is 4.79 Å². The molecule has 0 aliphatic heterocycles. The molecule has 0 aliphatic rings. The van der Waals surface area contributed by atoms with E-state index in [0.717, 1.165) is 15.9 Å². The smallest absolute Gasteiger partial charge is 0.227 e. The predicted molar refractivity (Wildman–Crippen MR) is 81.9 cm³/mol. The third kappa shape index (κ3) is 3.58. The second kappa shape index (κ2) is 6.37. The van der Waals surface area contributed by atoms with Crippen LogP contribution in [0.4, 0.5) is 5.82 Å². The van der Waals surface area contributed by atoms with Gasteiger partial charge in [0.05, 0.1) is 21.7 Å². The van der Waals surface area contributed by atoms with Gasteiger partial charge in [0.1, 0.15) is 5.82 Å². The molecule has 2 aromatic heterocycles. The Morgan fingerprint density at radius 1 is 1.45 bits per heavy atom. The number of hydrogen-bond donors (Lipinski definition) is 1. The van der Waals surface area contributed by atoms with Gasteiger partial charge in [0, 0.05) is 18.3 Å². The third-order valence-corrected chi connectivity index (χ3v) is 4.21. The van der Waals surface area contributed by atoms with Crippen molar-refractivity contribution in [1.29, 1.82) is 0 Å². The van der Waals surface area contributed by atoms with E-state index in [2.05, 4.69) is 31.3 Å². The molecule has 2 rings (SSSR count). The number of hydrogen-bond acceptors (Lipinski definition) is 3. The molecule has 1 N–H and O–H groups in total. The maximum atomic E-state index is 11.8. The summed E-state index contributed by atoms with van der Waals surface area (Å²) in [6.07, 6.45) is 1.83. The fourth-order valence-electron chi connectivity index (χ4n) is 1.76. The number of aryl methyl sites for hydroxylation is 2. The number of amides is 1. The molecule has 7 heteroatoms. The van der Waals surface area contributed by atoms with Gasteiger partial charge in [0.15, 0.2) is 0 Å². The summed E-state index contributed by atoms with van der Waals surface area (Å²) in [6, 6.07) is 3.35. The molecule has 0 saturated heterocycles. The largest absolute Gasteiger partial charge is 0.311 e. The molecule has 0 saturated carbocycles. The highest BCUT2D eigenvalue weighted by Gasteiger charge is 2.10. The Bertz CT molecular complexity index is 624. The van der Waals surface area contributed by atoms with Crippen molar-refractivity contribution in [1.82, 2.24) is 14.8 Å². The van der Waals surface area contributed by atoms with Gasteiger partial charge in [-0.2, -0.15) is 5.10 Å². The number of carbonyl (C=O) groups excluding carboxylic acids is 1. The fraction of sp³-hybridized carbons (Fsp3) is 0.308. The van der Waals surface area contributed by atoms with Gasteiger partial charge in [-0.15, -0.1) is 0 Å². The number of nitrogens with zero attached hydrogens (tertiary/aromatic N) is 3. The molecule has 2 heterocycles. The molecular formula is C13H14BrClN4O. The average molecular weight is 358 g/mol. The van der Waals surface area contributed by atoms with Crippen molar-refractivity contribution in [3.63, 3.8) is 0 Å². The quantitative estimate of drug-likeness (QED) is 0.913. The van der Waals surface area contributed by atoms with Gasteiger partial charge in [-0.25, -0.2) is 4.98 Å². The molecule has 0 aliphatic carbocycles. The van der Waals surface area contributed by atoms with E-state index < -0.39 is 0 Å². The standard InChI is InChI=1S/C13H14BrClN4O/c1-8-13(14)9(2)19(18-8)6-5-12(20)17-11-4-3-10(15)7-16-11/h3-4,7H,5-6H2,1-2H3,(H,16,17,20). The Kier molecular flexibility index (Phi) is 4.77. The van der Waals surface area contributed by atoms with Crippen molar-refractivity contribution in [3.05, 3.63) is 39.2 Å². The molecule has 0 atom stereocenters. The lowest BCUT2D eigenvalue weighted by Crippen LogP contribution is -2.16. The van der Waals surface area contributed by atoms with E-state index in [1.165, 1.54) is 6.20 Å². The molecule has 106 valence electrons. The lowest BCUT2D eigenvalue weighted by atomic mass is 10.3. The van der Waals surface area contributed by atoms with Crippen molar-refractivity contribution in [2.75, 3.05) is 5.32 Å². The number of halogens is 2. The highest BCUT2D eigenvalue weighted by Crippen LogP contribution is 2.19. The van der Waals surface area contributed by atoms with Crippen LogP contribution in [0.1, 0.15) is 17.8 Å². The van der Waals surface area contributed by atoms with Gasteiger partial charge in [0.2, 0.25) is 5.91 Å². The van der Waals surface area contributed by atoms with Crippen LogP contribution in [0.2, 0.25) is 5.02 Å². The van der Waals surface area contributed by atoms with Gasteiger partial charge in [0.25, 0.3) is 0 Å². The van der Waals surface area contributed by atoms with Crippen molar-refractivity contribution in [2.24, 2.45) is 0 Å². The average Bonchev–Trinajstić information content (AvgIpc) is 2.66. The molecule has 1 amide bonds. The Morgan fingerprint density at radius 2 is 2.20 bits per heavy atom. The summed E-state index contributed by atoms with van der Waals surface area (Å²) in [5.41, 5.74) is 1.93. The highest BCUT2D eigenvalue weighted by molar-refractivity contribution is 9.10. The Hall–Kier alpha value is -1.40. The summed E-state index contributed by atoms with van der Waals surface area (Å²) in [7, 11) is 0. The molecule has 0 spiro atoms. The molecule has 0 fully saturated rings. The summed E-state index contributed by atoms with van der Waals surface area (Å²) >= 11 is 9.19. The molecule has 0 unspecified atom stereocenters. The SMILES string of the molecule is Cc1nn(CCC(=O)Nc2ccc(Cl)cn2)c(C)c1Br. The van der Waals surface area contributed by atoms with Gasteiger partial charge in [-0.05, 0) is 41.9 Å². The minimum Gasteiger partial charge on any atom is -0.311 e. The van der Waals surface area contributed by atoms with Crippen LogP contribution in [-0.2, 0) is 11.3 Å². The lowest BCUT2D eigenvalue weighted by Gasteiger charge is -2.06. The van der Waals surface area contributed by atoms with E-state index in [0.29, 0.717) is 23.8 Å². The first-order chi connectivity index (χ1) is 9.47. The number of aromatic nitrogens is 3. The summed E-state index contributed by atoms with van der Waals surface area (Å²) in [5, 5.41) is 7.61. The minimum absolute atomic E-state index is 0.108. The van der Waals surface area contributed by atoms with Crippen LogP contribution in [0, 0.1) is 13.8 Å². The molecule has 5 nitrogen and oxygen atoms in total. The lowest BCUT2D eigenvalue weighted by molar-refractivity contribution is -0.116. The van der Waals surface area contributed by atoms with Crippen LogP contribution < -0.4 is 5.32 Å². The molecule has 0 radical (unpaired) electrons. The summed E-state index contributed by atoms with van der Waals surface area (Å²) < 4.78 is 2.80. The summed E-state index contributed by atoms with van der Waals surface area (Å²) in [4.78, 5) is 15.9. The minimum atomic E-state index is -0.108. The second-order valence-corrected chi connectivity index (χ2v) is 5.60. The maximum Gasteiger partial charge on any atom is 0.227 e. The monoisotopic (exact) mass is 356 g/mol. The number of rotatable bonds is 4. The molecular weight excluding hydrogens is 344 g/mol. The van der Waals surface area contributed by atoms with E-state index in [1.807, 2.05) is 18.5 Å². The van der Waals surface area contributed by atoms with E-state index in [9.17, 15) is 4.79 Å². The molecule has 0 aromatic carbocycles. The van der Waals surface area contributed by atoms with Crippen LogP contribution in [0.25, 0.3) is 0 Å². The van der Waals surface area contributed by atoms with Crippen LogP contribution >= 0.6 is 27.5 Å². The number of carbonyl (C=O) groups is 1. The fourth-order valence-corrected chi connectivity index (χ4v) is 2.15. The van der Waals surface area contributed by atoms with E-state index in [1.54, 1.807) is 12.1 Å². The number of nitrogens with one attached hydrogen (secondary N) is 1. The highest BCUT2D eigenvalue weighted by atomic mass is 79.9. The zero-order valence-corrected chi connectivity index (χ0v) is 13.5. The zero-order valence-electron chi connectivity index (χ0n) is 11.2. The predicted octanol–water partition coefficient (Wildman–Crippen LogP) is 3.34. The first-order valence-corrected chi connectivity index (χ1v) is 7.25. The molecule has 20 heavy (non-hydrogen) atoms. The zero-order chi connectivity index (χ0) is 14.7. The van der Waals surface area contributed by atoms with Gasteiger partial charge < -0.3 is 5.32 Å². The Morgan fingerprint density at radius 3 is 2.75 bits per heavy atom. The van der Waals surface area contributed by atoms with Gasteiger partial charge >= 0.3 is 0 Å². The number of anilines is 1. The Balaban J connectivity index is 1.92. The van der Waals surface area contributed by atoms with E-state index in [4.69, 9.17) is 11.6 Å². The summed E-state index contributed by atoms with van der Waals surface area (Å²) in [6.45, 7) is 4.41. The third-order valence-electron chi connectivity index (χ3n) is 2.84. The van der Waals surface area contributed by atoms with E-state index in [-0.39, 0.29) is 5.91 Å². The van der Waals surface area contributed by atoms with Crippen LogP contribution in [-0.4, -0.2) is 20.7 Å². The first-order valence-electron chi connectivity index (χ1n) is 6.08. The van der Waals surface area contributed by atoms with Crippen molar-refractivity contribution in [3.8, 4) is 0 Å². The molecule has 2 aromatic rings. The normalized spacial score (nSPS) is 10.6. The Labute approximate surface area is 130 Å². The van der Waals surface area contributed by atoms with Gasteiger partial charge in [-0.1, -0.05) is 11.6 Å². The van der Waals surface area contributed by atoms with Crippen LogP contribution in [0.3, 0.4) is 0 Å². The summed E-state index contributed by atoms with van der Waals surface area (Å²) in [5.74, 6) is 0.387. The second-order valence-electron chi connectivity index (χ2n) is 4.37. The number of pyridine rings is 1. The van der Waals surface area contributed by atoms with Gasteiger partial charge in [-0.3, -0.25) is 9.48 Å². The van der Waals surface area contributed by atoms with E-state index >= 15 is 0 Å². The van der Waals surface area contributed by atoms with Crippen molar-refractivity contribution >= 4 is 39.3 Å². The topological polar surface area (TPSA) is 59.8 Å². The van der Waals surface area contributed by atoms with Crippen LogP contribution in [0.15, 0.2) is 22.8 Å². The first kappa shape index (κ1) is 15.0. The maximum absolute atomic E-state index is 11.8.